The molecule has 0 saturated heterocycles. The van der Waals surface area contributed by atoms with Gasteiger partial charge >= 0.3 is 0 Å². The van der Waals surface area contributed by atoms with E-state index in [1.54, 1.807) is 45.0 Å². The first kappa shape index (κ1) is 20.1. The summed E-state index contributed by atoms with van der Waals surface area (Å²) in [4.78, 5) is 12.0. The van der Waals surface area contributed by atoms with Crippen molar-refractivity contribution in [3.05, 3.63) is 24.3 Å². The zero-order chi connectivity index (χ0) is 19.5. The van der Waals surface area contributed by atoms with Crippen LogP contribution in [0.4, 0.5) is 10.8 Å². The lowest BCUT2D eigenvalue weighted by molar-refractivity contribution is -0.123. The number of rotatable bonds is 6. The highest BCUT2D eigenvalue weighted by atomic mass is 32.2. The molecule has 1 heterocycles. The van der Waals surface area contributed by atoms with Gasteiger partial charge in [-0.2, -0.15) is 8.42 Å². The van der Waals surface area contributed by atoms with E-state index in [0.717, 1.165) is 11.3 Å². The minimum Gasteiger partial charge on any atom is -0.491 e. The summed E-state index contributed by atoms with van der Waals surface area (Å²) in [6, 6.07) is 6.61. The molecule has 0 bridgehead atoms. The summed E-state index contributed by atoms with van der Waals surface area (Å²) in [5.41, 5.74) is -0.279. The second-order valence-electron chi connectivity index (χ2n) is 6.88. The summed E-state index contributed by atoms with van der Waals surface area (Å²) in [6.07, 6.45) is -0.0287. The van der Waals surface area contributed by atoms with Crippen molar-refractivity contribution in [2.75, 3.05) is 10.0 Å². The summed E-state index contributed by atoms with van der Waals surface area (Å²) >= 11 is 0.782. The van der Waals surface area contributed by atoms with Crippen LogP contribution in [0.5, 0.6) is 5.75 Å². The number of carbonyl (C=O) groups excluding carboxylic acids is 1. The fourth-order valence-electron chi connectivity index (χ4n) is 1.76. The van der Waals surface area contributed by atoms with Gasteiger partial charge in [0.25, 0.3) is 14.4 Å². The van der Waals surface area contributed by atoms with Gasteiger partial charge in [-0.1, -0.05) is 38.2 Å². The van der Waals surface area contributed by atoms with Crippen LogP contribution in [0.15, 0.2) is 28.6 Å². The highest BCUT2D eigenvalue weighted by Crippen LogP contribution is 2.26. The summed E-state index contributed by atoms with van der Waals surface area (Å²) in [6.45, 7) is 9.00. The summed E-state index contributed by atoms with van der Waals surface area (Å²) < 4.78 is 32.7. The van der Waals surface area contributed by atoms with Crippen molar-refractivity contribution in [1.82, 2.24) is 10.2 Å². The van der Waals surface area contributed by atoms with E-state index in [-0.39, 0.29) is 21.5 Å². The van der Waals surface area contributed by atoms with Gasteiger partial charge in [0.05, 0.1) is 11.8 Å². The van der Waals surface area contributed by atoms with Gasteiger partial charge in [-0.25, -0.2) is 0 Å². The number of hydrogen-bond acceptors (Lipinski definition) is 7. The Hall–Kier alpha value is -2.20. The molecule has 0 fully saturated rings. The van der Waals surface area contributed by atoms with E-state index in [1.165, 1.54) is 0 Å². The Morgan fingerprint density at radius 3 is 2.54 bits per heavy atom. The van der Waals surface area contributed by atoms with E-state index in [9.17, 15) is 13.2 Å². The summed E-state index contributed by atoms with van der Waals surface area (Å²) in [5, 5.41) is 10.1. The molecule has 0 unspecified atom stereocenters. The molecule has 26 heavy (non-hydrogen) atoms. The molecule has 0 aliphatic carbocycles. The van der Waals surface area contributed by atoms with Gasteiger partial charge in [0.1, 0.15) is 5.75 Å². The van der Waals surface area contributed by atoms with Crippen molar-refractivity contribution < 1.29 is 17.9 Å². The third-order valence-electron chi connectivity index (χ3n) is 3.00. The fraction of sp³-hybridized carbons (Fsp3) is 0.438. The van der Waals surface area contributed by atoms with Gasteiger partial charge < -0.3 is 10.1 Å². The van der Waals surface area contributed by atoms with E-state index < -0.39 is 15.4 Å². The molecule has 0 aliphatic heterocycles. The van der Waals surface area contributed by atoms with Crippen LogP contribution in [0.25, 0.3) is 0 Å². The van der Waals surface area contributed by atoms with Crippen LogP contribution in [0.2, 0.25) is 0 Å². The maximum absolute atomic E-state index is 12.5. The molecular formula is C16H22N4O4S2. The van der Waals surface area contributed by atoms with Crippen LogP contribution in [-0.4, -0.2) is 30.6 Å². The second-order valence-corrected chi connectivity index (χ2v) is 9.71. The standard InChI is InChI=1S/C16H22N4O4S2/c1-10(2)24-12-8-6-7-11(9-12)20-26(22,23)15-19-18-14(25-15)17-13(21)16(3,4)5/h6-10,20H,1-5H3,(H,17,18,21). The maximum atomic E-state index is 12.5. The van der Waals surface area contributed by atoms with Crippen LogP contribution in [0.3, 0.4) is 0 Å². The van der Waals surface area contributed by atoms with Crippen LogP contribution in [0, 0.1) is 5.41 Å². The first-order valence-electron chi connectivity index (χ1n) is 7.92. The van der Waals surface area contributed by atoms with Crippen LogP contribution >= 0.6 is 11.3 Å². The van der Waals surface area contributed by atoms with Gasteiger partial charge in [-0.15, -0.1) is 10.2 Å². The molecule has 142 valence electrons. The highest BCUT2D eigenvalue weighted by Gasteiger charge is 2.25. The molecule has 1 amide bonds. The molecular weight excluding hydrogens is 376 g/mol. The van der Waals surface area contributed by atoms with Crippen molar-refractivity contribution in [2.24, 2.45) is 5.41 Å². The lowest BCUT2D eigenvalue weighted by Crippen LogP contribution is -2.27. The van der Waals surface area contributed by atoms with Gasteiger partial charge in [0, 0.05) is 11.5 Å². The minimum atomic E-state index is -3.92. The Kier molecular flexibility index (Phi) is 5.87. The Bertz CT molecular complexity index is 886. The number of sulfonamides is 1. The Balaban J connectivity index is 2.15. The van der Waals surface area contributed by atoms with E-state index in [0.29, 0.717) is 11.4 Å². The summed E-state index contributed by atoms with van der Waals surface area (Å²) in [7, 11) is -3.92. The summed E-state index contributed by atoms with van der Waals surface area (Å²) in [5.74, 6) is 0.277. The smallest absolute Gasteiger partial charge is 0.291 e. The predicted molar refractivity (Wildman–Crippen MR) is 101 cm³/mol. The number of carbonyl (C=O) groups is 1. The van der Waals surface area contributed by atoms with Crippen LogP contribution in [0.1, 0.15) is 34.6 Å². The molecule has 1 aromatic carbocycles. The third-order valence-corrected chi connectivity index (χ3v) is 5.58. The average Bonchev–Trinajstić information content (AvgIpc) is 2.95. The second kappa shape index (κ2) is 7.58. The maximum Gasteiger partial charge on any atom is 0.291 e. The van der Waals surface area contributed by atoms with E-state index >= 15 is 0 Å². The number of ether oxygens (including phenoxy) is 1. The zero-order valence-corrected chi connectivity index (χ0v) is 16.9. The normalized spacial score (nSPS) is 12.1. The third kappa shape index (κ3) is 5.40. The molecule has 2 N–H and O–H groups in total. The molecule has 2 aromatic rings. The lowest BCUT2D eigenvalue weighted by atomic mass is 9.96. The Labute approximate surface area is 157 Å². The number of benzene rings is 1. The van der Waals surface area contributed by atoms with Crippen LogP contribution < -0.4 is 14.8 Å². The number of hydrogen-bond donors (Lipinski definition) is 2. The van der Waals surface area contributed by atoms with E-state index in [1.807, 2.05) is 13.8 Å². The van der Waals surface area contributed by atoms with E-state index in [2.05, 4.69) is 20.2 Å². The largest absolute Gasteiger partial charge is 0.491 e. The molecule has 0 aliphatic rings. The number of nitrogens with zero attached hydrogens (tertiary/aromatic N) is 2. The molecule has 0 spiro atoms. The number of nitrogens with one attached hydrogen (secondary N) is 2. The van der Waals surface area contributed by atoms with Gasteiger partial charge in [-0.3, -0.25) is 9.52 Å². The van der Waals surface area contributed by atoms with Crippen molar-refractivity contribution in [3.63, 3.8) is 0 Å². The number of amides is 1. The molecule has 0 atom stereocenters. The Morgan fingerprint density at radius 1 is 1.23 bits per heavy atom. The number of anilines is 2. The Morgan fingerprint density at radius 2 is 1.92 bits per heavy atom. The van der Waals surface area contributed by atoms with E-state index in [4.69, 9.17) is 4.74 Å². The monoisotopic (exact) mass is 398 g/mol. The highest BCUT2D eigenvalue weighted by molar-refractivity contribution is 7.94. The average molecular weight is 399 g/mol. The molecule has 0 saturated carbocycles. The van der Waals surface area contributed by atoms with Crippen LogP contribution in [-0.2, 0) is 14.8 Å². The quantitative estimate of drug-likeness (QED) is 0.724. The number of aromatic nitrogens is 2. The minimum absolute atomic E-state index is 0.0287. The fourth-order valence-corrected chi connectivity index (χ4v) is 3.70. The zero-order valence-electron chi connectivity index (χ0n) is 15.2. The van der Waals surface area contributed by atoms with Crippen molar-refractivity contribution in [3.8, 4) is 5.75 Å². The van der Waals surface area contributed by atoms with Gasteiger partial charge in [0.2, 0.25) is 11.0 Å². The molecule has 2 rings (SSSR count). The predicted octanol–water partition coefficient (Wildman–Crippen LogP) is 3.11. The molecule has 10 heteroatoms. The molecule has 1 aromatic heterocycles. The molecule has 0 radical (unpaired) electrons. The first-order chi connectivity index (χ1) is 12.0. The SMILES string of the molecule is CC(C)Oc1cccc(NS(=O)(=O)c2nnc(NC(=O)C(C)(C)C)s2)c1. The van der Waals surface area contributed by atoms with Gasteiger partial charge in [-0.05, 0) is 26.0 Å². The van der Waals surface area contributed by atoms with Crippen molar-refractivity contribution >= 4 is 38.1 Å². The van der Waals surface area contributed by atoms with Crippen molar-refractivity contribution in [1.29, 1.82) is 0 Å². The molecule has 8 nitrogen and oxygen atoms in total. The van der Waals surface area contributed by atoms with Gasteiger partial charge in [0.15, 0.2) is 0 Å². The first-order valence-corrected chi connectivity index (χ1v) is 10.2. The topological polar surface area (TPSA) is 110 Å². The van der Waals surface area contributed by atoms with Crippen molar-refractivity contribution in [2.45, 2.75) is 45.1 Å². The lowest BCUT2D eigenvalue weighted by Gasteiger charge is -2.15.